The van der Waals surface area contributed by atoms with Gasteiger partial charge in [-0.3, -0.25) is 4.79 Å². The highest BCUT2D eigenvalue weighted by Gasteiger charge is 2.30. The van der Waals surface area contributed by atoms with Crippen molar-refractivity contribution in [2.45, 2.75) is 12.8 Å². The summed E-state index contributed by atoms with van der Waals surface area (Å²) in [7, 11) is -0.214. The zero-order valence-corrected chi connectivity index (χ0v) is 14.4. The van der Waals surface area contributed by atoms with Crippen molar-refractivity contribution in [1.29, 1.82) is 0 Å². The summed E-state index contributed by atoms with van der Waals surface area (Å²) in [6.07, 6.45) is 2.50. The molecule has 7 nitrogen and oxygen atoms in total. The molecule has 0 aliphatic carbocycles. The summed E-state index contributed by atoms with van der Waals surface area (Å²) in [5.41, 5.74) is 0.537. The van der Waals surface area contributed by atoms with E-state index in [0.717, 1.165) is 0 Å². The predicted molar refractivity (Wildman–Crippen MR) is 87.3 cm³/mol. The lowest BCUT2D eigenvalue weighted by molar-refractivity contribution is -0.120. The number of benzene rings is 1. The van der Waals surface area contributed by atoms with Gasteiger partial charge < -0.3 is 14.8 Å². The van der Waals surface area contributed by atoms with E-state index >= 15 is 0 Å². The summed E-state index contributed by atoms with van der Waals surface area (Å²) in [4.78, 5) is 12.4. The van der Waals surface area contributed by atoms with Crippen molar-refractivity contribution in [2.75, 3.05) is 38.9 Å². The number of carbonyl (C=O) groups is 1. The van der Waals surface area contributed by atoms with Crippen LogP contribution in [-0.4, -0.2) is 52.2 Å². The zero-order valence-electron chi connectivity index (χ0n) is 13.5. The van der Waals surface area contributed by atoms with Crippen LogP contribution in [0.4, 0.5) is 5.69 Å². The van der Waals surface area contributed by atoms with Crippen LogP contribution in [-0.2, 0) is 14.8 Å². The molecule has 2 rings (SSSR count). The molecule has 1 amide bonds. The lowest BCUT2D eigenvalue weighted by Crippen LogP contribution is -2.43. The van der Waals surface area contributed by atoms with Crippen molar-refractivity contribution >= 4 is 21.6 Å². The van der Waals surface area contributed by atoms with Crippen molar-refractivity contribution in [1.82, 2.24) is 4.31 Å². The monoisotopic (exact) mass is 342 g/mol. The molecule has 1 heterocycles. The highest BCUT2D eigenvalue weighted by molar-refractivity contribution is 7.88. The Morgan fingerprint density at radius 3 is 2.65 bits per heavy atom. The first-order valence-electron chi connectivity index (χ1n) is 7.33. The Labute approximate surface area is 136 Å². The number of sulfonamides is 1. The smallest absolute Gasteiger partial charge is 0.228 e. The average molecular weight is 342 g/mol. The van der Waals surface area contributed by atoms with Gasteiger partial charge in [0.25, 0.3) is 0 Å². The molecule has 128 valence electrons. The number of ether oxygens (including phenoxy) is 2. The molecule has 1 atom stereocenters. The third-order valence-electron chi connectivity index (χ3n) is 3.89. The molecule has 0 aromatic heterocycles. The van der Waals surface area contributed by atoms with Crippen LogP contribution in [0.3, 0.4) is 0 Å². The molecule has 1 aliphatic rings. The van der Waals surface area contributed by atoms with E-state index in [1.165, 1.54) is 17.7 Å². The topological polar surface area (TPSA) is 84.9 Å². The number of nitrogens with zero attached hydrogens (tertiary/aromatic N) is 1. The van der Waals surface area contributed by atoms with Gasteiger partial charge in [0.15, 0.2) is 0 Å². The summed E-state index contributed by atoms with van der Waals surface area (Å²) in [6.45, 7) is 0.678. The molecule has 1 N–H and O–H groups in total. The molecule has 0 unspecified atom stereocenters. The van der Waals surface area contributed by atoms with Crippen LogP contribution < -0.4 is 14.8 Å². The Morgan fingerprint density at radius 2 is 2.04 bits per heavy atom. The molecular weight excluding hydrogens is 320 g/mol. The molecule has 1 aromatic rings. The van der Waals surface area contributed by atoms with Gasteiger partial charge in [-0.1, -0.05) is 0 Å². The van der Waals surface area contributed by atoms with Crippen molar-refractivity contribution in [3.8, 4) is 11.5 Å². The van der Waals surface area contributed by atoms with E-state index in [9.17, 15) is 13.2 Å². The third kappa shape index (κ3) is 4.35. The van der Waals surface area contributed by atoms with E-state index in [0.29, 0.717) is 36.6 Å². The summed E-state index contributed by atoms with van der Waals surface area (Å²) in [5, 5.41) is 2.81. The molecular formula is C15H22N2O5S. The molecule has 0 bridgehead atoms. The number of piperidine rings is 1. The van der Waals surface area contributed by atoms with Gasteiger partial charge in [-0.25, -0.2) is 12.7 Å². The van der Waals surface area contributed by atoms with Crippen molar-refractivity contribution in [3.05, 3.63) is 18.2 Å². The number of carbonyl (C=O) groups excluding carboxylic acids is 1. The largest absolute Gasteiger partial charge is 0.497 e. The van der Waals surface area contributed by atoms with Gasteiger partial charge in [0.05, 0.1) is 32.1 Å². The summed E-state index contributed by atoms with van der Waals surface area (Å²) in [6, 6.07) is 5.10. The fraction of sp³-hybridized carbons (Fsp3) is 0.533. The molecule has 0 saturated carbocycles. The van der Waals surface area contributed by atoms with Crippen molar-refractivity contribution in [3.63, 3.8) is 0 Å². The van der Waals surface area contributed by atoms with Crippen LogP contribution in [0, 0.1) is 5.92 Å². The maximum Gasteiger partial charge on any atom is 0.228 e. The van der Waals surface area contributed by atoms with Crippen LogP contribution in [0.15, 0.2) is 18.2 Å². The molecule has 1 aromatic carbocycles. The summed E-state index contributed by atoms with van der Waals surface area (Å²) < 4.78 is 35.0. The summed E-state index contributed by atoms with van der Waals surface area (Å²) >= 11 is 0. The first-order chi connectivity index (χ1) is 10.8. The molecule has 8 heteroatoms. The van der Waals surface area contributed by atoms with Gasteiger partial charge in [-0.2, -0.15) is 0 Å². The number of nitrogens with one attached hydrogen (secondary N) is 1. The first-order valence-corrected chi connectivity index (χ1v) is 9.18. The Morgan fingerprint density at radius 1 is 1.30 bits per heavy atom. The second-order valence-electron chi connectivity index (χ2n) is 5.52. The lowest BCUT2D eigenvalue weighted by atomic mass is 9.98. The molecule has 0 spiro atoms. The van der Waals surface area contributed by atoms with E-state index in [-0.39, 0.29) is 18.4 Å². The molecule has 1 saturated heterocycles. The van der Waals surface area contributed by atoms with E-state index < -0.39 is 10.0 Å². The van der Waals surface area contributed by atoms with E-state index in [2.05, 4.69) is 5.32 Å². The minimum atomic E-state index is -3.27. The zero-order chi connectivity index (χ0) is 17.0. The Bertz CT molecular complexity index is 674. The van der Waals surface area contributed by atoms with Gasteiger partial charge in [-0.05, 0) is 25.0 Å². The number of methoxy groups -OCH3 is 2. The Balaban J connectivity index is 2.10. The van der Waals surface area contributed by atoms with Crippen molar-refractivity contribution < 1.29 is 22.7 Å². The van der Waals surface area contributed by atoms with E-state index in [1.807, 2.05) is 0 Å². The number of hydrogen-bond donors (Lipinski definition) is 1. The number of rotatable bonds is 5. The molecule has 1 fully saturated rings. The number of hydrogen-bond acceptors (Lipinski definition) is 5. The van der Waals surface area contributed by atoms with Gasteiger partial charge >= 0.3 is 0 Å². The van der Waals surface area contributed by atoms with Crippen LogP contribution in [0.2, 0.25) is 0 Å². The quantitative estimate of drug-likeness (QED) is 0.872. The minimum absolute atomic E-state index is 0.207. The van der Waals surface area contributed by atoms with Crippen LogP contribution in [0.1, 0.15) is 12.8 Å². The fourth-order valence-electron chi connectivity index (χ4n) is 2.59. The third-order valence-corrected chi connectivity index (χ3v) is 5.16. The first kappa shape index (κ1) is 17.6. The fourth-order valence-corrected chi connectivity index (χ4v) is 3.51. The Hall–Kier alpha value is -1.80. The summed E-state index contributed by atoms with van der Waals surface area (Å²) in [5.74, 6) is 0.543. The second kappa shape index (κ2) is 7.18. The second-order valence-corrected chi connectivity index (χ2v) is 7.50. The number of amides is 1. The lowest BCUT2D eigenvalue weighted by Gasteiger charge is -2.30. The minimum Gasteiger partial charge on any atom is -0.497 e. The maximum atomic E-state index is 12.4. The Kier molecular flexibility index (Phi) is 5.48. The predicted octanol–water partition coefficient (Wildman–Crippen LogP) is 1.31. The SMILES string of the molecule is COc1ccc(NC(=O)[C@H]2CCCN(S(C)(=O)=O)C2)c(OC)c1. The van der Waals surface area contributed by atoms with Crippen LogP contribution in [0.25, 0.3) is 0 Å². The van der Waals surface area contributed by atoms with Gasteiger partial charge in [0.1, 0.15) is 11.5 Å². The van der Waals surface area contributed by atoms with E-state index in [1.54, 1.807) is 25.3 Å². The molecule has 23 heavy (non-hydrogen) atoms. The maximum absolute atomic E-state index is 12.4. The van der Waals surface area contributed by atoms with Gasteiger partial charge in [0.2, 0.25) is 15.9 Å². The van der Waals surface area contributed by atoms with Gasteiger partial charge in [0, 0.05) is 19.2 Å². The van der Waals surface area contributed by atoms with Gasteiger partial charge in [-0.15, -0.1) is 0 Å². The molecule has 1 aliphatic heterocycles. The molecule has 0 radical (unpaired) electrons. The van der Waals surface area contributed by atoms with Crippen LogP contribution >= 0.6 is 0 Å². The highest BCUT2D eigenvalue weighted by atomic mass is 32.2. The normalized spacial score (nSPS) is 19.2. The average Bonchev–Trinajstić information content (AvgIpc) is 2.54. The van der Waals surface area contributed by atoms with E-state index in [4.69, 9.17) is 9.47 Å². The van der Waals surface area contributed by atoms with Crippen molar-refractivity contribution in [2.24, 2.45) is 5.92 Å². The van der Waals surface area contributed by atoms with Crippen LogP contribution in [0.5, 0.6) is 11.5 Å². The highest BCUT2D eigenvalue weighted by Crippen LogP contribution is 2.30. The standard InChI is InChI=1S/C15H22N2O5S/c1-21-12-6-7-13(14(9-12)22-2)16-15(18)11-5-4-8-17(10-11)23(3,19)20/h6-7,9,11H,4-5,8,10H2,1-3H3,(H,16,18)/t11-/m0/s1. The number of anilines is 1.